The minimum absolute atomic E-state index is 0.156. The van der Waals surface area contributed by atoms with Crippen LogP contribution < -0.4 is 0 Å². The lowest BCUT2D eigenvalue weighted by molar-refractivity contribution is 0.661. The fourth-order valence-electron chi connectivity index (χ4n) is 9.67. The predicted octanol–water partition coefficient (Wildman–Crippen LogP) is 14.8. The van der Waals surface area contributed by atoms with Gasteiger partial charge in [0.15, 0.2) is 17.5 Å². The van der Waals surface area contributed by atoms with Gasteiger partial charge in [-0.25, -0.2) is 15.0 Å². The molecule has 1 aliphatic rings. The molecule has 11 aromatic rings. The molecule has 0 saturated carbocycles. The van der Waals surface area contributed by atoms with Crippen LogP contribution in [-0.2, 0) is 5.41 Å². The molecule has 0 amide bonds. The van der Waals surface area contributed by atoms with Crippen molar-refractivity contribution < 1.29 is 0 Å². The van der Waals surface area contributed by atoms with E-state index >= 15 is 0 Å². The van der Waals surface area contributed by atoms with E-state index in [0.29, 0.717) is 17.5 Å². The molecular weight excluding hydrogens is 753 g/mol. The quantitative estimate of drug-likeness (QED) is 0.168. The van der Waals surface area contributed by atoms with E-state index < -0.39 is 0 Å². The van der Waals surface area contributed by atoms with Crippen LogP contribution in [0.4, 0.5) is 0 Å². The summed E-state index contributed by atoms with van der Waals surface area (Å²) in [6, 6.07) is 73.9. The highest BCUT2D eigenvalue weighted by Gasteiger charge is 2.36. The Morgan fingerprint density at radius 1 is 0.339 bits per heavy atom. The lowest BCUT2D eigenvalue weighted by Crippen LogP contribution is -2.15. The SMILES string of the molecule is CC1(C)c2ccccc2-c2cc3c4ccccc4n(-c4cc(-c5nc(-c6ccccc6)nc(-c6ccccc6)n5)ccc4-c4ccc(-c5ccc6ccccc6c5)cc4)c3cc21. The number of aromatic nitrogens is 4. The summed E-state index contributed by atoms with van der Waals surface area (Å²) in [5.74, 6) is 1.90. The predicted molar refractivity (Wildman–Crippen MR) is 256 cm³/mol. The second kappa shape index (κ2) is 14.1. The molecule has 0 radical (unpaired) electrons. The third-order valence-corrected chi connectivity index (χ3v) is 12.9. The first-order valence-corrected chi connectivity index (χ1v) is 21.3. The number of benzene rings is 9. The molecule has 0 N–H and O–H groups in total. The molecule has 4 nitrogen and oxygen atoms in total. The molecule has 62 heavy (non-hydrogen) atoms. The average Bonchev–Trinajstić information content (AvgIpc) is 3.78. The molecule has 9 aromatic carbocycles. The first kappa shape index (κ1) is 35.9. The molecular formula is C58H40N4. The van der Waals surface area contributed by atoms with Gasteiger partial charge in [-0.15, -0.1) is 0 Å². The average molecular weight is 793 g/mol. The fraction of sp³-hybridized carbons (Fsp3) is 0.0517. The van der Waals surface area contributed by atoms with Gasteiger partial charge in [-0.05, 0) is 80.0 Å². The van der Waals surface area contributed by atoms with Crippen LogP contribution in [-0.4, -0.2) is 19.5 Å². The van der Waals surface area contributed by atoms with Crippen molar-refractivity contribution in [2.24, 2.45) is 0 Å². The summed E-state index contributed by atoms with van der Waals surface area (Å²) in [6.07, 6.45) is 0. The van der Waals surface area contributed by atoms with Crippen LogP contribution >= 0.6 is 0 Å². The number of para-hydroxylation sites is 1. The Morgan fingerprint density at radius 3 is 1.66 bits per heavy atom. The van der Waals surface area contributed by atoms with Gasteiger partial charge < -0.3 is 4.57 Å². The van der Waals surface area contributed by atoms with Crippen molar-refractivity contribution in [2.45, 2.75) is 19.3 Å². The highest BCUT2D eigenvalue weighted by Crippen LogP contribution is 2.51. The van der Waals surface area contributed by atoms with E-state index in [9.17, 15) is 0 Å². The van der Waals surface area contributed by atoms with Crippen molar-refractivity contribution in [1.29, 1.82) is 0 Å². The minimum Gasteiger partial charge on any atom is -0.309 e. The summed E-state index contributed by atoms with van der Waals surface area (Å²) in [7, 11) is 0. The smallest absolute Gasteiger partial charge is 0.164 e. The Labute approximate surface area is 360 Å². The summed E-state index contributed by atoms with van der Waals surface area (Å²) >= 11 is 0. The van der Waals surface area contributed by atoms with Gasteiger partial charge in [-0.2, -0.15) is 0 Å². The number of nitrogens with zero attached hydrogens (tertiary/aromatic N) is 4. The van der Waals surface area contributed by atoms with Crippen LogP contribution in [0.15, 0.2) is 206 Å². The maximum absolute atomic E-state index is 5.17. The normalized spacial score (nSPS) is 12.8. The van der Waals surface area contributed by atoms with Crippen molar-refractivity contribution in [3.63, 3.8) is 0 Å². The number of hydrogen-bond acceptors (Lipinski definition) is 3. The molecule has 0 aliphatic heterocycles. The lowest BCUT2D eigenvalue weighted by atomic mass is 9.82. The maximum Gasteiger partial charge on any atom is 0.164 e. The summed E-state index contributed by atoms with van der Waals surface area (Å²) in [5.41, 5.74) is 16.0. The van der Waals surface area contributed by atoms with E-state index in [1.807, 2.05) is 36.4 Å². The van der Waals surface area contributed by atoms with Gasteiger partial charge in [0, 0.05) is 38.4 Å². The fourth-order valence-corrected chi connectivity index (χ4v) is 9.67. The van der Waals surface area contributed by atoms with Crippen molar-refractivity contribution in [1.82, 2.24) is 19.5 Å². The number of rotatable bonds is 6. The van der Waals surface area contributed by atoms with E-state index in [4.69, 9.17) is 15.0 Å². The van der Waals surface area contributed by atoms with Gasteiger partial charge in [0.25, 0.3) is 0 Å². The van der Waals surface area contributed by atoms with E-state index in [2.05, 4.69) is 188 Å². The van der Waals surface area contributed by atoms with Gasteiger partial charge >= 0.3 is 0 Å². The number of hydrogen-bond donors (Lipinski definition) is 0. The Kier molecular flexibility index (Phi) is 8.16. The highest BCUT2D eigenvalue weighted by atomic mass is 15.0. The largest absolute Gasteiger partial charge is 0.309 e. The summed E-state index contributed by atoms with van der Waals surface area (Å²) in [4.78, 5) is 15.4. The molecule has 0 unspecified atom stereocenters. The van der Waals surface area contributed by atoms with Crippen LogP contribution in [0.2, 0.25) is 0 Å². The van der Waals surface area contributed by atoms with E-state index in [1.54, 1.807) is 0 Å². The molecule has 0 saturated heterocycles. The topological polar surface area (TPSA) is 43.6 Å². The molecule has 0 atom stereocenters. The van der Waals surface area contributed by atoms with Crippen LogP contribution in [0.5, 0.6) is 0 Å². The van der Waals surface area contributed by atoms with E-state index in [-0.39, 0.29) is 5.41 Å². The molecule has 2 heterocycles. The maximum atomic E-state index is 5.17. The standard InChI is InChI=1S/C58H40N4/c1-58(2)50-23-13-11-21-46(50)48-35-49-47-22-12-14-24-52(47)62(54(49)36-51(48)58)53-34-44(57-60-55(40-16-5-3-6-17-40)59-56(61-57)41-18-7-4-8-19-41)31-32-45(53)39-28-25-38(26-29-39)43-30-27-37-15-9-10-20-42(37)33-43/h3-36H,1-2H3. The first-order valence-electron chi connectivity index (χ1n) is 21.3. The van der Waals surface area contributed by atoms with Gasteiger partial charge in [0.2, 0.25) is 0 Å². The zero-order valence-electron chi connectivity index (χ0n) is 34.4. The molecule has 1 aliphatic carbocycles. The van der Waals surface area contributed by atoms with Gasteiger partial charge in [-0.1, -0.05) is 190 Å². The Bertz CT molecular complexity index is 3470. The van der Waals surface area contributed by atoms with E-state index in [1.165, 1.54) is 60.4 Å². The zero-order valence-corrected chi connectivity index (χ0v) is 34.4. The Hall–Kier alpha value is -7.95. The van der Waals surface area contributed by atoms with Crippen LogP contribution in [0.1, 0.15) is 25.0 Å². The summed E-state index contributed by atoms with van der Waals surface area (Å²) in [5, 5.41) is 4.92. The monoisotopic (exact) mass is 792 g/mol. The molecule has 2 aromatic heterocycles. The van der Waals surface area contributed by atoms with Crippen molar-refractivity contribution in [2.75, 3.05) is 0 Å². The second-order valence-electron chi connectivity index (χ2n) is 16.8. The second-order valence-corrected chi connectivity index (χ2v) is 16.8. The minimum atomic E-state index is -0.156. The molecule has 0 spiro atoms. The summed E-state index contributed by atoms with van der Waals surface area (Å²) in [6.45, 7) is 4.71. The highest BCUT2D eigenvalue weighted by molar-refractivity contribution is 6.12. The number of fused-ring (bicyclic) bond motifs is 7. The van der Waals surface area contributed by atoms with Crippen LogP contribution in [0.3, 0.4) is 0 Å². The van der Waals surface area contributed by atoms with Gasteiger partial charge in [0.05, 0.1) is 16.7 Å². The first-order chi connectivity index (χ1) is 30.5. The molecule has 12 rings (SSSR count). The van der Waals surface area contributed by atoms with Crippen LogP contribution in [0.25, 0.3) is 106 Å². The Balaban J connectivity index is 1.10. The zero-order chi connectivity index (χ0) is 41.4. The Morgan fingerprint density at radius 2 is 0.919 bits per heavy atom. The molecule has 4 heteroatoms. The van der Waals surface area contributed by atoms with E-state index in [0.717, 1.165) is 39.0 Å². The summed E-state index contributed by atoms with van der Waals surface area (Å²) < 4.78 is 2.47. The molecule has 292 valence electrons. The van der Waals surface area contributed by atoms with Gasteiger partial charge in [-0.3, -0.25) is 0 Å². The lowest BCUT2D eigenvalue weighted by Gasteiger charge is -2.22. The molecule has 0 fully saturated rings. The van der Waals surface area contributed by atoms with Gasteiger partial charge in [0.1, 0.15) is 0 Å². The molecule has 0 bridgehead atoms. The van der Waals surface area contributed by atoms with Crippen LogP contribution in [0, 0.1) is 0 Å². The van der Waals surface area contributed by atoms with Crippen molar-refractivity contribution in [3.8, 4) is 73.2 Å². The van der Waals surface area contributed by atoms with Crippen molar-refractivity contribution in [3.05, 3.63) is 217 Å². The third kappa shape index (κ3) is 5.79. The van der Waals surface area contributed by atoms with Crippen molar-refractivity contribution >= 4 is 32.6 Å². The third-order valence-electron chi connectivity index (χ3n) is 12.9.